The second-order valence-corrected chi connectivity index (χ2v) is 9.62. The molecule has 1 saturated carbocycles. The van der Waals surface area contributed by atoms with E-state index in [1.54, 1.807) is 43.4 Å². The van der Waals surface area contributed by atoms with Crippen molar-refractivity contribution in [1.82, 2.24) is 15.3 Å². The van der Waals surface area contributed by atoms with Crippen molar-refractivity contribution in [3.05, 3.63) is 82.4 Å². The van der Waals surface area contributed by atoms with Crippen molar-refractivity contribution in [2.45, 2.75) is 25.6 Å². The van der Waals surface area contributed by atoms with Gasteiger partial charge in [0.25, 0.3) is 5.91 Å². The van der Waals surface area contributed by atoms with Crippen LogP contribution in [0.3, 0.4) is 0 Å². The van der Waals surface area contributed by atoms with Crippen LogP contribution in [0.1, 0.15) is 34.3 Å². The first-order valence-electron chi connectivity index (χ1n) is 12.2. The van der Waals surface area contributed by atoms with Gasteiger partial charge in [-0.1, -0.05) is 29.8 Å². The lowest BCUT2D eigenvalue weighted by Crippen LogP contribution is -2.24. The first-order valence-corrected chi connectivity index (χ1v) is 12.5. The second-order valence-electron chi connectivity index (χ2n) is 9.22. The third-order valence-electron chi connectivity index (χ3n) is 6.33. The molecular weight excluding hydrogens is 531 g/mol. The molecule has 0 aliphatic heterocycles. The van der Waals surface area contributed by atoms with Gasteiger partial charge in [-0.2, -0.15) is 13.2 Å². The Morgan fingerprint density at radius 1 is 1.03 bits per heavy atom. The molecule has 200 valence electrons. The molecule has 1 aromatic heterocycles. The summed E-state index contributed by atoms with van der Waals surface area (Å²) in [5, 5.41) is 9.48. The molecule has 1 heterocycles. The number of hydrogen-bond acceptors (Lipinski definition) is 5. The van der Waals surface area contributed by atoms with E-state index in [0.29, 0.717) is 22.4 Å². The molecule has 0 saturated heterocycles. The Morgan fingerprint density at radius 2 is 1.82 bits per heavy atom. The SMILES string of the molecule is CNc1nc(-c2cccc(C(F)(F)F)c2)nc2cc(NC(=O)c3cc(CNC(=O)C4CC4)ccc3Cl)ccc12. The first kappa shape index (κ1) is 26.4. The van der Waals surface area contributed by atoms with Crippen molar-refractivity contribution in [1.29, 1.82) is 0 Å². The molecule has 4 aromatic rings. The third-order valence-corrected chi connectivity index (χ3v) is 6.66. The van der Waals surface area contributed by atoms with Gasteiger partial charge in [0.15, 0.2) is 5.82 Å². The molecule has 1 fully saturated rings. The molecule has 1 aliphatic carbocycles. The van der Waals surface area contributed by atoms with E-state index in [9.17, 15) is 22.8 Å². The van der Waals surface area contributed by atoms with Crippen molar-refractivity contribution in [2.75, 3.05) is 17.7 Å². The molecule has 0 bridgehead atoms. The zero-order chi connectivity index (χ0) is 27.7. The van der Waals surface area contributed by atoms with Crippen molar-refractivity contribution in [3.8, 4) is 11.4 Å². The van der Waals surface area contributed by atoms with Crippen LogP contribution < -0.4 is 16.0 Å². The first-order chi connectivity index (χ1) is 18.6. The number of aromatic nitrogens is 2. The molecule has 3 N–H and O–H groups in total. The van der Waals surface area contributed by atoms with Crippen LogP contribution in [0.4, 0.5) is 24.7 Å². The third kappa shape index (κ3) is 5.96. The van der Waals surface area contributed by atoms with Crippen molar-refractivity contribution in [2.24, 2.45) is 5.92 Å². The van der Waals surface area contributed by atoms with E-state index in [1.807, 2.05) is 0 Å². The maximum absolute atomic E-state index is 13.2. The van der Waals surface area contributed by atoms with Gasteiger partial charge < -0.3 is 16.0 Å². The Labute approximate surface area is 226 Å². The fourth-order valence-electron chi connectivity index (χ4n) is 4.10. The van der Waals surface area contributed by atoms with Crippen molar-refractivity contribution >= 4 is 45.8 Å². The number of carbonyl (C=O) groups excluding carboxylic acids is 2. The topological polar surface area (TPSA) is 96.0 Å². The van der Waals surface area contributed by atoms with Crippen LogP contribution in [0.2, 0.25) is 5.02 Å². The zero-order valence-corrected chi connectivity index (χ0v) is 21.5. The van der Waals surface area contributed by atoms with Gasteiger partial charge >= 0.3 is 6.18 Å². The smallest absolute Gasteiger partial charge is 0.373 e. The highest BCUT2D eigenvalue weighted by Crippen LogP contribution is 2.33. The minimum atomic E-state index is -4.50. The van der Waals surface area contributed by atoms with Gasteiger partial charge in [-0.05, 0) is 60.9 Å². The molecule has 11 heteroatoms. The van der Waals surface area contributed by atoms with Gasteiger partial charge in [0.1, 0.15) is 5.82 Å². The number of carbonyl (C=O) groups is 2. The number of halogens is 4. The number of alkyl halides is 3. The molecule has 2 amide bonds. The summed E-state index contributed by atoms with van der Waals surface area (Å²) in [6.07, 6.45) is -2.71. The summed E-state index contributed by atoms with van der Waals surface area (Å²) >= 11 is 6.29. The number of nitrogens with one attached hydrogen (secondary N) is 3. The maximum atomic E-state index is 13.2. The average Bonchev–Trinajstić information content (AvgIpc) is 3.77. The largest absolute Gasteiger partial charge is 0.416 e. The Balaban J connectivity index is 1.41. The quantitative estimate of drug-likeness (QED) is 0.250. The summed E-state index contributed by atoms with van der Waals surface area (Å²) in [6, 6.07) is 14.7. The van der Waals surface area contributed by atoms with E-state index in [1.165, 1.54) is 12.1 Å². The summed E-state index contributed by atoms with van der Waals surface area (Å²) < 4.78 is 39.7. The highest BCUT2D eigenvalue weighted by Gasteiger charge is 2.31. The Kier molecular flexibility index (Phi) is 7.14. The maximum Gasteiger partial charge on any atom is 0.416 e. The minimum absolute atomic E-state index is 0.000421. The predicted octanol–water partition coefficient (Wildman–Crippen LogP) is 6.29. The van der Waals surface area contributed by atoms with Crippen molar-refractivity contribution in [3.63, 3.8) is 0 Å². The van der Waals surface area contributed by atoms with E-state index in [-0.39, 0.29) is 40.3 Å². The summed E-state index contributed by atoms with van der Waals surface area (Å²) in [4.78, 5) is 33.9. The second kappa shape index (κ2) is 10.5. The Morgan fingerprint density at radius 3 is 2.54 bits per heavy atom. The van der Waals surface area contributed by atoms with Crippen LogP contribution in [0.15, 0.2) is 60.7 Å². The zero-order valence-electron chi connectivity index (χ0n) is 20.7. The number of benzene rings is 3. The summed E-state index contributed by atoms with van der Waals surface area (Å²) in [5.41, 5.74) is 1.19. The van der Waals surface area contributed by atoms with Crippen molar-refractivity contribution < 1.29 is 22.8 Å². The van der Waals surface area contributed by atoms with Gasteiger partial charge in [-0.15, -0.1) is 0 Å². The molecule has 0 radical (unpaired) electrons. The lowest BCUT2D eigenvalue weighted by atomic mass is 10.1. The molecule has 5 rings (SSSR count). The highest BCUT2D eigenvalue weighted by atomic mass is 35.5. The van der Waals surface area contributed by atoms with Gasteiger partial charge in [0, 0.05) is 36.1 Å². The van der Waals surface area contributed by atoms with E-state index < -0.39 is 17.6 Å². The van der Waals surface area contributed by atoms with Crippen LogP contribution in [-0.2, 0) is 17.5 Å². The lowest BCUT2D eigenvalue weighted by Gasteiger charge is -2.13. The number of hydrogen-bond donors (Lipinski definition) is 3. The highest BCUT2D eigenvalue weighted by molar-refractivity contribution is 6.34. The van der Waals surface area contributed by atoms with Crippen LogP contribution in [-0.4, -0.2) is 28.8 Å². The number of anilines is 2. The monoisotopic (exact) mass is 553 g/mol. The molecular formula is C28H23ClF3N5O2. The molecule has 0 unspecified atom stereocenters. The van der Waals surface area contributed by atoms with Crippen LogP contribution >= 0.6 is 11.6 Å². The number of amides is 2. The summed E-state index contributed by atoms with van der Waals surface area (Å²) in [6.45, 7) is 0.283. The van der Waals surface area contributed by atoms with Gasteiger partial charge in [0.05, 0.1) is 21.7 Å². The number of fused-ring (bicyclic) bond motifs is 1. The number of rotatable bonds is 7. The summed E-state index contributed by atoms with van der Waals surface area (Å²) in [7, 11) is 1.65. The fourth-order valence-corrected chi connectivity index (χ4v) is 4.30. The Hall–Kier alpha value is -4.18. The van der Waals surface area contributed by atoms with Crippen LogP contribution in [0, 0.1) is 5.92 Å². The normalized spacial score (nSPS) is 13.3. The van der Waals surface area contributed by atoms with Crippen LogP contribution in [0.5, 0.6) is 0 Å². The molecule has 39 heavy (non-hydrogen) atoms. The number of nitrogens with zero attached hydrogens (tertiary/aromatic N) is 2. The minimum Gasteiger partial charge on any atom is -0.373 e. The van der Waals surface area contributed by atoms with E-state index >= 15 is 0 Å². The fraction of sp³-hybridized carbons (Fsp3) is 0.214. The van der Waals surface area contributed by atoms with Gasteiger partial charge in [-0.25, -0.2) is 9.97 Å². The van der Waals surface area contributed by atoms with Gasteiger partial charge in [0.2, 0.25) is 5.91 Å². The van der Waals surface area contributed by atoms with E-state index in [0.717, 1.165) is 30.5 Å². The standard InChI is InChI=1S/C28H23ClF3N5O2/c1-33-25-20-9-8-19(13-23(20)36-24(37-25)17-3-2-4-18(12-17)28(30,31)32)35-27(39)21-11-15(5-10-22(21)29)14-34-26(38)16-6-7-16/h2-5,8-13,16H,6-7,14H2,1H3,(H,34,38)(H,35,39)(H,33,36,37). The average molecular weight is 554 g/mol. The molecule has 0 spiro atoms. The molecule has 0 atom stereocenters. The summed E-state index contributed by atoms with van der Waals surface area (Å²) in [5.74, 6) is 0.143. The van der Waals surface area contributed by atoms with Crippen LogP contribution in [0.25, 0.3) is 22.3 Å². The van der Waals surface area contributed by atoms with E-state index in [2.05, 4.69) is 25.9 Å². The predicted molar refractivity (Wildman–Crippen MR) is 143 cm³/mol. The molecule has 1 aliphatic rings. The lowest BCUT2D eigenvalue weighted by molar-refractivity contribution is -0.137. The molecule has 7 nitrogen and oxygen atoms in total. The Bertz CT molecular complexity index is 1590. The molecule has 3 aromatic carbocycles. The van der Waals surface area contributed by atoms with Gasteiger partial charge in [-0.3, -0.25) is 9.59 Å². The van der Waals surface area contributed by atoms with E-state index in [4.69, 9.17) is 11.6 Å².